The molecule has 0 spiro atoms. The first kappa shape index (κ1) is 15.5. The molecule has 2 atom stereocenters. The van der Waals surface area contributed by atoms with Crippen LogP contribution in [0, 0.1) is 12.3 Å². The van der Waals surface area contributed by atoms with Crippen LogP contribution in [0.25, 0.3) is 0 Å². The molecule has 2 aliphatic heterocycles. The van der Waals surface area contributed by atoms with Gasteiger partial charge in [0.05, 0.1) is 11.5 Å². The van der Waals surface area contributed by atoms with Crippen LogP contribution >= 0.6 is 0 Å². The summed E-state index contributed by atoms with van der Waals surface area (Å²) in [6, 6.07) is 8.51. The number of carbonyl (C=O) groups excluding carboxylic acids is 1. The van der Waals surface area contributed by atoms with Gasteiger partial charge in [0.1, 0.15) is 0 Å². The van der Waals surface area contributed by atoms with Gasteiger partial charge >= 0.3 is 0 Å². The maximum atomic E-state index is 12.8. The number of aryl methyl sites for hydroxylation is 1. The molecule has 2 aliphatic rings. The third-order valence-electron chi connectivity index (χ3n) is 5.18. The Morgan fingerprint density at radius 1 is 1.41 bits per heavy atom. The Balaban J connectivity index is 1.79. The van der Waals surface area contributed by atoms with Crippen molar-refractivity contribution in [1.29, 1.82) is 0 Å². The highest BCUT2D eigenvalue weighted by molar-refractivity contribution is 5.83. The molecule has 0 N–H and O–H groups in total. The van der Waals surface area contributed by atoms with Crippen molar-refractivity contribution >= 4 is 5.91 Å². The maximum Gasteiger partial charge on any atom is 0.232 e. The van der Waals surface area contributed by atoms with Crippen LogP contribution in [-0.4, -0.2) is 55.6 Å². The molecule has 0 aliphatic carbocycles. The zero-order valence-electron chi connectivity index (χ0n) is 13.8. The summed E-state index contributed by atoms with van der Waals surface area (Å²) in [4.78, 5) is 16.9. The van der Waals surface area contributed by atoms with Crippen LogP contribution < -0.4 is 0 Å². The lowest BCUT2D eigenvalue weighted by atomic mass is 9.75. The van der Waals surface area contributed by atoms with E-state index >= 15 is 0 Å². The van der Waals surface area contributed by atoms with E-state index < -0.39 is 0 Å². The standard InChI is InChI=1S/C18H26N2O2/c1-14-6-4-5-7-15(14)12-20-10-8-16-18(13-20,9-11-22-16)17(21)19(2)3/h4-7,16H,8-13H2,1-3H3/t16-,18-/m1/s1. The summed E-state index contributed by atoms with van der Waals surface area (Å²) in [5.74, 6) is 0.226. The average Bonchev–Trinajstić information content (AvgIpc) is 2.93. The summed E-state index contributed by atoms with van der Waals surface area (Å²) >= 11 is 0. The zero-order valence-corrected chi connectivity index (χ0v) is 13.8. The first-order chi connectivity index (χ1) is 10.5. The predicted molar refractivity (Wildman–Crippen MR) is 86.6 cm³/mol. The summed E-state index contributed by atoms with van der Waals surface area (Å²) in [5, 5.41) is 0. The number of rotatable bonds is 3. The van der Waals surface area contributed by atoms with Gasteiger partial charge in [0.15, 0.2) is 0 Å². The van der Waals surface area contributed by atoms with Crippen LogP contribution in [0.4, 0.5) is 0 Å². The fourth-order valence-electron chi connectivity index (χ4n) is 3.94. The molecular formula is C18H26N2O2. The Bertz CT molecular complexity index is 558. The zero-order chi connectivity index (χ0) is 15.7. The molecule has 120 valence electrons. The Kier molecular flexibility index (Phi) is 4.24. The van der Waals surface area contributed by atoms with Gasteiger partial charge in [-0.3, -0.25) is 9.69 Å². The minimum Gasteiger partial charge on any atom is -0.377 e. The smallest absolute Gasteiger partial charge is 0.232 e. The van der Waals surface area contributed by atoms with E-state index in [2.05, 4.69) is 36.1 Å². The molecule has 0 aromatic heterocycles. The third-order valence-corrected chi connectivity index (χ3v) is 5.18. The molecule has 2 saturated heterocycles. The van der Waals surface area contributed by atoms with Crippen molar-refractivity contribution in [3.8, 4) is 0 Å². The SMILES string of the molecule is Cc1ccccc1CN1CC[C@H]2OCC[C@@]2(C(=O)N(C)C)C1. The number of piperidine rings is 1. The fourth-order valence-corrected chi connectivity index (χ4v) is 3.94. The topological polar surface area (TPSA) is 32.8 Å². The van der Waals surface area contributed by atoms with Crippen LogP contribution in [0.1, 0.15) is 24.0 Å². The quantitative estimate of drug-likeness (QED) is 0.857. The van der Waals surface area contributed by atoms with Crippen molar-refractivity contribution < 1.29 is 9.53 Å². The Labute approximate surface area is 133 Å². The average molecular weight is 302 g/mol. The summed E-state index contributed by atoms with van der Waals surface area (Å²) in [5.41, 5.74) is 2.33. The van der Waals surface area contributed by atoms with Crippen molar-refractivity contribution in [2.75, 3.05) is 33.8 Å². The number of benzene rings is 1. The summed E-state index contributed by atoms with van der Waals surface area (Å²) < 4.78 is 5.88. The van der Waals surface area contributed by atoms with Gasteiger partial charge in [-0.25, -0.2) is 0 Å². The first-order valence-electron chi connectivity index (χ1n) is 8.13. The Morgan fingerprint density at radius 3 is 2.91 bits per heavy atom. The molecule has 2 fully saturated rings. The maximum absolute atomic E-state index is 12.8. The summed E-state index contributed by atoms with van der Waals surface area (Å²) in [7, 11) is 3.71. The van der Waals surface area contributed by atoms with E-state index in [9.17, 15) is 4.79 Å². The molecule has 1 aromatic carbocycles. The van der Waals surface area contributed by atoms with E-state index in [1.807, 2.05) is 14.1 Å². The van der Waals surface area contributed by atoms with Crippen LogP contribution in [0.5, 0.6) is 0 Å². The van der Waals surface area contributed by atoms with Crippen LogP contribution in [-0.2, 0) is 16.1 Å². The number of nitrogens with zero attached hydrogens (tertiary/aromatic N) is 2. The molecule has 3 rings (SSSR count). The molecule has 0 bridgehead atoms. The van der Waals surface area contributed by atoms with E-state index in [1.54, 1.807) is 4.90 Å². The third kappa shape index (κ3) is 2.66. The second-order valence-electron chi connectivity index (χ2n) is 6.89. The van der Waals surface area contributed by atoms with Crippen molar-refractivity contribution in [3.05, 3.63) is 35.4 Å². The lowest BCUT2D eigenvalue weighted by Gasteiger charge is -2.43. The summed E-state index contributed by atoms with van der Waals surface area (Å²) in [6.45, 7) is 5.59. The van der Waals surface area contributed by atoms with Gasteiger partial charge in [-0.1, -0.05) is 24.3 Å². The molecular weight excluding hydrogens is 276 g/mol. The monoisotopic (exact) mass is 302 g/mol. The van der Waals surface area contributed by atoms with Gasteiger partial charge in [0.2, 0.25) is 5.91 Å². The second kappa shape index (κ2) is 6.01. The Morgan fingerprint density at radius 2 is 2.18 bits per heavy atom. The van der Waals surface area contributed by atoms with Crippen molar-refractivity contribution in [1.82, 2.24) is 9.80 Å². The van der Waals surface area contributed by atoms with E-state index in [-0.39, 0.29) is 17.4 Å². The number of fused-ring (bicyclic) bond motifs is 1. The van der Waals surface area contributed by atoms with Gasteiger partial charge < -0.3 is 9.64 Å². The van der Waals surface area contributed by atoms with Gasteiger partial charge in [0, 0.05) is 40.3 Å². The number of carbonyl (C=O) groups is 1. The van der Waals surface area contributed by atoms with Gasteiger partial charge in [-0.05, 0) is 30.9 Å². The number of likely N-dealkylation sites (tertiary alicyclic amines) is 1. The molecule has 0 radical (unpaired) electrons. The highest BCUT2D eigenvalue weighted by Crippen LogP contribution is 2.42. The van der Waals surface area contributed by atoms with Gasteiger partial charge in [-0.15, -0.1) is 0 Å². The minimum absolute atomic E-state index is 0.0931. The molecule has 0 saturated carbocycles. The van der Waals surface area contributed by atoms with Crippen molar-refractivity contribution in [2.45, 2.75) is 32.4 Å². The minimum atomic E-state index is -0.343. The largest absolute Gasteiger partial charge is 0.377 e. The number of ether oxygens (including phenoxy) is 1. The van der Waals surface area contributed by atoms with Crippen LogP contribution in [0.3, 0.4) is 0 Å². The van der Waals surface area contributed by atoms with Gasteiger partial charge in [0.25, 0.3) is 0 Å². The molecule has 4 nitrogen and oxygen atoms in total. The molecule has 1 aromatic rings. The fraction of sp³-hybridized carbons (Fsp3) is 0.611. The predicted octanol–water partition coefficient (Wildman–Crippen LogP) is 2.06. The molecule has 22 heavy (non-hydrogen) atoms. The first-order valence-corrected chi connectivity index (χ1v) is 8.13. The normalized spacial score (nSPS) is 28.4. The second-order valence-corrected chi connectivity index (χ2v) is 6.89. The molecule has 0 unspecified atom stereocenters. The number of hydrogen-bond acceptors (Lipinski definition) is 3. The van der Waals surface area contributed by atoms with Gasteiger partial charge in [-0.2, -0.15) is 0 Å². The van der Waals surface area contributed by atoms with Crippen LogP contribution in [0.15, 0.2) is 24.3 Å². The highest BCUT2D eigenvalue weighted by atomic mass is 16.5. The van der Waals surface area contributed by atoms with E-state index in [0.717, 1.165) is 32.5 Å². The lowest BCUT2D eigenvalue weighted by Crippen LogP contribution is -2.56. The Hall–Kier alpha value is -1.39. The highest BCUT2D eigenvalue weighted by Gasteiger charge is 2.53. The van der Waals surface area contributed by atoms with Crippen molar-refractivity contribution in [3.63, 3.8) is 0 Å². The molecule has 2 heterocycles. The van der Waals surface area contributed by atoms with E-state index in [0.29, 0.717) is 6.61 Å². The number of hydrogen-bond donors (Lipinski definition) is 0. The molecule has 4 heteroatoms. The van der Waals surface area contributed by atoms with E-state index in [1.165, 1.54) is 11.1 Å². The summed E-state index contributed by atoms with van der Waals surface area (Å²) in [6.07, 6.45) is 1.89. The molecule has 1 amide bonds. The van der Waals surface area contributed by atoms with E-state index in [4.69, 9.17) is 4.74 Å². The lowest BCUT2D eigenvalue weighted by molar-refractivity contribution is -0.148. The number of amides is 1. The van der Waals surface area contributed by atoms with Crippen molar-refractivity contribution in [2.24, 2.45) is 5.41 Å². The van der Waals surface area contributed by atoms with Crippen LogP contribution in [0.2, 0.25) is 0 Å².